The van der Waals surface area contributed by atoms with Crippen molar-refractivity contribution < 1.29 is 9.90 Å². The molecule has 4 aromatic rings. The van der Waals surface area contributed by atoms with Gasteiger partial charge in [0.05, 0.1) is 12.0 Å². The molecule has 0 saturated carbocycles. The van der Waals surface area contributed by atoms with Gasteiger partial charge in [0.2, 0.25) is 0 Å². The number of amides is 1. The molecule has 0 aliphatic rings. The van der Waals surface area contributed by atoms with Crippen LogP contribution in [0, 0.1) is 13.8 Å². The Morgan fingerprint density at radius 2 is 1.75 bits per heavy atom. The minimum absolute atomic E-state index is 0.0950. The molecule has 3 aromatic carbocycles. The predicted octanol–water partition coefficient (Wildman–Crippen LogP) is 5.23. The number of carbonyl (C=O) groups excluding carboxylic acids is 1. The number of para-hydroxylation sites is 1. The van der Waals surface area contributed by atoms with E-state index in [4.69, 9.17) is 0 Å². The van der Waals surface area contributed by atoms with E-state index in [1.807, 2.05) is 79.1 Å². The van der Waals surface area contributed by atoms with Crippen molar-refractivity contribution in [2.24, 2.45) is 5.10 Å². The number of benzene rings is 3. The average Bonchev–Trinajstić information content (AvgIpc) is 3.30. The van der Waals surface area contributed by atoms with Gasteiger partial charge in [-0.3, -0.25) is 9.36 Å². The van der Waals surface area contributed by atoms with Crippen LogP contribution in [0.5, 0.6) is 5.75 Å². The number of phenolic OH excluding ortho intramolecular Hbond substituents is 1. The first-order valence-electron chi connectivity index (χ1n) is 11.4. The van der Waals surface area contributed by atoms with Gasteiger partial charge in [-0.25, -0.2) is 5.43 Å². The summed E-state index contributed by atoms with van der Waals surface area (Å²) in [6, 6.07) is 21.5. The van der Waals surface area contributed by atoms with E-state index in [0.29, 0.717) is 23.0 Å². The number of carbonyl (C=O) groups is 1. The summed E-state index contributed by atoms with van der Waals surface area (Å²) in [5.41, 5.74) is 7.94. The number of aromatic nitrogens is 3. The third-order valence-corrected chi connectivity index (χ3v) is 6.40. The van der Waals surface area contributed by atoms with Gasteiger partial charge in [0.1, 0.15) is 5.75 Å². The summed E-state index contributed by atoms with van der Waals surface area (Å²) in [4.78, 5) is 12.5. The molecular formula is C28H27N5O2S. The SMILES string of the molecule is C=CCc1cccc(/C=N\NC(=O)CSc2nnc(-c3ccc(C)cc3)n2-c2ccc(C)cc2)c1O. The van der Waals surface area contributed by atoms with Gasteiger partial charge in [-0.15, -0.1) is 16.8 Å². The van der Waals surface area contributed by atoms with Crippen LogP contribution in [0.3, 0.4) is 0 Å². The van der Waals surface area contributed by atoms with E-state index in [2.05, 4.69) is 27.3 Å². The monoisotopic (exact) mass is 497 g/mol. The summed E-state index contributed by atoms with van der Waals surface area (Å²) in [5.74, 6) is 0.625. The Labute approximate surface area is 214 Å². The number of nitrogens with zero attached hydrogens (tertiary/aromatic N) is 4. The number of rotatable bonds is 9. The van der Waals surface area contributed by atoms with Crippen LogP contribution in [0.2, 0.25) is 0 Å². The molecule has 0 fully saturated rings. The molecule has 1 aromatic heterocycles. The lowest BCUT2D eigenvalue weighted by atomic mass is 10.1. The Hall–Kier alpha value is -4.17. The summed E-state index contributed by atoms with van der Waals surface area (Å²) >= 11 is 1.27. The molecule has 0 saturated heterocycles. The van der Waals surface area contributed by atoms with Gasteiger partial charge in [0, 0.05) is 16.8 Å². The van der Waals surface area contributed by atoms with Crippen LogP contribution in [-0.4, -0.2) is 37.7 Å². The van der Waals surface area contributed by atoms with E-state index in [0.717, 1.165) is 27.9 Å². The van der Waals surface area contributed by atoms with Crippen molar-refractivity contribution in [3.05, 3.63) is 102 Å². The zero-order valence-corrected chi connectivity index (χ0v) is 21.0. The second-order valence-electron chi connectivity index (χ2n) is 8.27. The summed E-state index contributed by atoms with van der Waals surface area (Å²) in [7, 11) is 0. The largest absolute Gasteiger partial charge is 0.507 e. The highest BCUT2D eigenvalue weighted by atomic mass is 32.2. The highest BCUT2D eigenvalue weighted by molar-refractivity contribution is 7.99. The lowest BCUT2D eigenvalue weighted by Gasteiger charge is -2.11. The van der Waals surface area contributed by atoms with Crippen LogP contribution >= 0.6 is 11.8 Å². The zero-order chi connectivity index (χ0) is 25.5. The van der Waals surface area contributed by atoms with Crippen molar-refractivity contribution in [3.63, 3.8) is 0 Å². The quantitative estimate of drug-likeness (QED) is 0.143. The Bertz CT molecular complexity index is 1390. The van der Waals surface area contributed by atoms with E-state index in [1.165, 1.54) is 18.0 Å². The molecule has 0 radical (unpaired) electrons. The van der Waals surface area contributed by atoms with Crippen molar-refractivity contribution in [2.75, 3.05) is 5.75 Å². The zero-order valence-electron chi connectivity index (χ0n) is 20.2. The number of thioether (sulfide) groups is 1. The van der Waals surface area contributed by atoms with Crippen LogP contribution in [0.15, 0.2) is 89.6 Å². The second kappa shape index (κ2) is 11.5. The Morgan fingerprint density at radius 3 is 2.44 bits per heavy atom. The number of hydrogen-bond acceptors (Lipinski definition) is 6. The summed E-state index contributed by atoms with van der Waals surface area (Å²) in [6.45, 7) is 7.77. The van der Waals surface area contributed by atoms with Crippen molar-refractivity contribution >= 4 is 23.9 Å². The van der Waals surface area contributed by atoms with Crippen molar-refractivity contribution in [3.8, 4) is 22.8 Å². The maximum atomic E-state index is 12.5. The number of allylic oxidation sites excluding steroid dienone is 1. The molecule has 0 aliphatic carbocycles. The fourth-order valence-corrected chi connectivity index (χ4v) is 4.30. The van der Waals surface area contributed by atoms with E-state index >= 15 is 0 Å². The molecule has 182 valence electrons. The van der Waals surface area contributed by atoms with E-state index in [-0.39, 0.29) is 17.4 Å². The Kier molecular flexibility index (Phi) is 7.97. The van der Waals surface area contributed by atoms with Crippen LogP contribution in [0.25, 0.3) is 17.1 Å². The molecule has 0 atom stereocenters. The number of aryl methyl sites for hydroxylation is 2. The average molecular weight is 498 g/mol. The Morgan fingerprint density at radius 1 is 1.06 bits per heavy atom. The molecule has 1 heterocycles. The standard InChI is InChI=1S/C28H27N5O2S/c1-4-6-21-7-5-8-23(26(21)35)17-29-30-25(34)18-36-28-32-31-27(22-13-9-19(2)10-14-22)33(28)24-15-11-20(3)12-16-24/h4-5,7-17,35H,1,6,18H2,2-3H3,(H,30,34)/b29-17-. The van der Waals surface area contributed by atoms with Crippen molar-refractivity contribution in [2.45, 2.75) is 25.4 Å². The number of phenols is 1. The third kappa shape index (κ3) is 5.90. The molecule has 2 N–H and O–H groups in total. The fourth-order valence-electron chi connectivity index (χ4n) is 3.55. The molecule has 0 aliphatic heterocycles. The number of hydrazone groups is 1. The summed E-state index contributed by atoms with van der Waals surface area (Å²) in [5, 5.41) is 23.7. The molecular weight excluding hydrogens is 470 g/mol. The first-order chi connectivity index (χ1) is 17.5. The van der Waals surface area contributed by atoms with Crippen molar-refractivity contribution in [1.82, 2.24) is 20.2 Å². The lowest BCUT2D eigenvalue weighted by Crippen LogP contribution is -2.20. The van der Waals surface area contributed by atoms with Crippen LogP contribution in [0.1, 0.15) is 22.3 Å². The maximum absolute atomic E-state index is 12.5. The van der Waals surface area contributed by atoms with Gasteiger partial charge >= 0.3 is 0 Å². The van der Waals surface area contributed by atoms with Gasteiger partial charge in [-0.1, -0.05) is 77.5 Å². The number of nitrogens with one attached hydrogen (secondary N) is 1. The molecule has 0 unspecified atom stereocenters. The number of hydrogen-bond donors (Lipinski definition) is 2. The van der Waals surface area contributed by atoms with E-state index in [9.17, 15) is 9.90 Å². The minimum Gasteiger partial charge on any atom is -0.507 e. The van der Waals surface area contributed by atoms with Crippen LogP contribution in [-0.2, 0) is 11.2 Å². The first-order valence-corrected chi connectivity index (χ1v) is 12.4. The van der Waals surface area contributed by atoms with Crippen LogP contribution in [0.4, 0.5) is 0 Å². The van der Waals surface area contributed by atoms with Gasteiger partial charge in [-0.05, 0) is 44.0 Å². The maximum Gasteiger partial charge on any atom is 0.250 e. The molecule has 0 spiro atoms. The number of aromatic hydroxyl groups is 1. The fraction of sp³-hybridized carbons (Fsp3) is 0.143. The van der Waals surface area contributed by atoms with E-state index in [1.54, 1.807) is 12.1 Å². The molecule has 8 heteroatoms. The molecule has 4 rings (SSSR count). The molecule has 7 nitrogen and oxygen atoms in total. The summed E-state index contributed by atoms with van der Waals surface area (Å²) < 4.78 is 1.95. The highest BCUT2D eigenvalue weighted by Crippen LogP contribution is 2.28. The Balaban J connectivity index is 1.49. The summed E-state index contributed by atoms with van der Waals surface area (Å²) in [6.07, 6.45) is 3.69. The predicted molar refractivity (Wildman–Crippen MR) is 145 cm³/mol. The molecule has 36 heavy (non-hydrogen) atoms. The topological polar surface area (TPSA) is 92.4 Å². The van der Waals surface area contributed by atoms with Gasteiger partial charge in [0.15, 0.2) is 11.0 Å². The molecule has 0 bridgehead atoms. The van der Waals surface area contributed by atoms with Crippen LogP contribution < -0.4 is 5.43 Å². The van der Waals surface area contributed by atoms with Gasteiger partial charge < -0.3 is 5.11 Å². The molecule has 1 amide bonds. The third-order valence-electron chi connectivity index (χ3n) is 5.48. The lowest BCUT2D eigenvalue weighted by molar-refractivity contribution is -0.118. The highest BCUT2D eigenvalue weighted by Gasteiger charge is 2.17. The van der Waals surface area contributed by atoms with E-state index < -0.39 is 0 Å². The van der Waals surface area contributed by atoms with Gasteiger partial charge in [-0.2, -0.15) is 5.10 Å². The smallest absolute Gasteiger partial charge is 0.250 e. The first kappa shape index (κ1) is 24.9. The minimum atomic E-state index is -0.298. The second-order valence-corrected chi connectivity index (χ2v) is 9.22. The normalized spacial score (nSPS) is 11.1. The van der Waals surface area contributed by atoms with Gasteiger partial charge in [0.25, 0.3) is 5.91 Å². The van der Waals surface area contributed by atoms with Crippen molar-refractivity contribution in [1.29, 1.82) is 0 Å².